The highest BCUT2D eigenvalue weighted by Crippen LogP contribution is 2.28. The number of aliphatic carboxylic acids is 1. The van der Waals surface area contributed by atoms with Crippen LogP contribution in [0.15, 0.2) is 0 Å². The third-order valence-electron chi connectivity index (χ3n) is 3.53. The predicted octanol–water partition coefficient (Wildman–Crippen LogP) is 1.75. The van der Waals surface area contributed by atoms with E-state index < -0.39 is 5.97 Å². The van der Waals surface area contributed by atoms with Gasteiger partial charge in [-0.3, -0.25) is 9.59 Å². The van der Waals surface area contributed by atoms with Gasteiger partial charge in [-0.1, -0.05) is 26.7 Å². The minimum Gasteiger partial charge on any atom is -0.481 e. The summed E-state index contributed by atoms with van der Waals surface area (Å²) in [5, 5.41) is 8.53. The number of amides is 1. The zero-order chi connectivity index (χ0) is 12.1. The van der Waals surface area contributed by atoms with Gasteiger partial charge in [0.05, 0.1) is 6.42 Å². The molecule has 1 fully saturated rings. The first-order chi connectivity index (χ1) is 7.58. The molecule has 0 saturated carbocycles. The average molecular weight is 227 g/mol. The third-order valence-corrected chi connectivity index (χ3v) is 3.53. The molecule has 1 heterocycles. The summed E-state index contributed by atoms with van der Waals surface area (Å²) >= 11 is 0. The summed E-state index contributed by atoms with van der Waals surface area (Å²) in [6, 6.07) is 0. The highest BCUT2D eigenvalue weighted by atomic mass is 16.4. The molecule has 1 aliphatic heterocycles. The van der Waals surface area contributed by atoms with E-state index in [1.165, 1.54) is 0 Å². The normalized spacial score (nSPS) is 24.8. The molecular weight excluding hydrogens is 206 g/mol. The summed E-state index contributed by atoms with van der Waals surface area (Å²) in [5.74, 6) is 0.293. The lowest BCUT2D eigenvalue weighted by atomic mass is 9.92. The molecular formula is C12H21NO3. The molecule has 1 rings (SSSR count). The monoisotopic (exact) mass is 227 g/mol. The first-order valence-electron chi connectivity index (χ1n) is 6.08. The Balaban J connectivity index is 2.44. The lowest BCUT2D eigenvalue weighted by Crippen LogP contribution is -2.29. The molecule has 0 aliphatic carbocycles. The largest absolute Gasteiger partial charge is 0.481 e. The van der Waals surface area contributed by atoms with E-state index in [2.05, 4.69) is 13.8 Å². The Hall–Kier alpha value is -1.06. The third kappa shape index (κ3) is 3.22. The fraction of sp³-hybridized carbons (Fsp3) is 0.833. The highest BCUT2D eigenvalue weighted by molar-refractivity contribution is 5.80. The Morgan fingerprint density at radius 1 is 1.12 bits per heavy atom. The van der Waals surface area contributed by atoms with Crippen LogP contribution in [0.1, 0.15) is 39.5 Å². The lowest BCUT2D eigenvalue weighted by Gasteiger charge is -2.15. The maximum atomic E-state index is 11.7. The van der Waals surface area contributed by atoms with Crippen LogP contribution in [0.5, 0.6) is 0 Å². The molecule has 1 amide bonds. The summed E-state index contributed by atoms with van der Waals surface area (Å²) in [4.78, 5) is 24.0. The summed E-state index contributed by atoms with van der Waals surface area (Å²) < 4.78 is 0. The predicted molar refractivity (Wildman–Crippen MR) is 61.0 cm³/mol. The molecule has 4 heteroatoms. The molecule has 0 aromatic rings. The molecule has 1 saturated heterocycles. The van der Waals surface area contributed by atoms with Crippen molar-refractivity contribution in [2.45, 2.75) is 39.5 Å². The standard InChI is InChI=1S/C12H21NO3/c1-3-9-7-13(8-10(9)4-2)11(14)5-6-12(15)16/h9-10H,3-8H2,1-2H3,(H,15,16). The second-order valence-electron chi connectivity index (χ2n) is 4.53. The molecule has 92 valence electrons. The van der Waals surface area contributed by atoms with Gasteiger partial charge in [-0.25, -0.2) is 0 Å². The van der Waals surface area contributed by atoms with Crippen LogP contribution in [0.3, 0.4) is 0 Å². The van der Waals surface area contributed by atoms with Crippen molar-refractivity contribution in [2.24, 2.45) is 11.8 Å². The fourth-order valence-electron chi connectivity index (χ4n) is 2.44. The van der Waals surface area contributed by atoms with E-state index in [0.717, 1.165) is 25.9 Å². The van der Waals surface area contributed by atoms with E-state index in [9.17, 15) is 9.59 Å². The van der Waals surface area contributed by atoms with Crippen LogP contribution in [0.4, 0.5) is 0 Å². The average Bonchev–Trinajstić information content (AvgIpc) is 2.68. The van der Waals surface area contributed by atoms with Gasteiger partial charge in [0.25, 0.3) is 0 Å². The molecule has 1 aliphatic rings. The van der Waals surface area contributed by atoms with Crippen LogP contribution in [0.2, 0.25) is 0 Å². The van der Waals surface area contributed by atoms with E-state index in [-0.39, 0.29) is 18.7 Å². The Morgan fingerprint density at radius 3 is 2.00 bits per heavy atom. The van der Waals surface area contributed by atoms with Gasteiger partial charge in [0.15, 0.2) is 0 Å². The molecule has 0 radical (unpaired) electrons. The number of carboxylic acid groups (broad SMARTS) is 1. The van der Waals surface area contributed by atoms with Gasteiger partial charge in [0.2, 0.25) is 5.91 Å². The van der Waals surface area contributed by atoms with Gasteiger partial charge in [0.1, 0.15) is 0 Å². The van der Waals surface area contributed by atoms with Crippen molar-refractivity contribution in [1.29, 1.82) is 0 Å². The van der Waals surface area contributed by atoms with E-state index in [4.69, 9.17) is 5.11 Å². The van der Waals surface area contributed by atoms with Crippen molar-refractivity contribution >= 4 is 11.9 Å². The van der Waals surface area contributed by atoms with Crippen molar-refractivity contribution in [1.82, 2.24) is 4.90 Å². The molecule has 0 aromatic carbocycles. The number of nitrogens with zero attached hydrogens (tertiary/aromatic N) is 1. The van der Waals surface area contributed by atoms with Crippen LogP contribution < -0.4 is 0 Å². The number of carbonyl (C=O) groups is 2. The van der Waals surface area contributed by atoms with E-state index in [1.54, 1.807) is 0 Å². The van der Waals surface area contributed by atoms with Crippen molar-refractivity contribution in [3.05, 3.63) is 0 Å². The van der Waals surface area contributed by atoms with Crippen LogP contribution in [0, 0.1) is 11.8 Å². The molecule has 2 unspecified atom stereocenters. The molecule has 1 N–H and O–H groups in total. The maximum absolute atomic E-state index is 11.7. The van der Waals surface area contributed by atoms with Gasteiger partial charge >= 0.3 is 5.97 Å². The van der Waals surface area contributed by atoms with Gasteiger partial charge in [-0.15, -0.1) is 0 Å². The maximum Gasteiger partial charge on any atom is 0.303 e. The lowest BCUT2D eigenvalue weighted by molar-refractivity contribution is -0.140. The molecule has 2 atom stereocenters. The molecule has 0 spiro atoms. The number of carbonyl (C=O) groups excluding carboxylic acids is 1. The summed E-state index contributed by atoms with van der Waals surface area (Å²) in [6.07, 6.45) is 2.29. The van der Waals surface area contributed by atoms with Gasteiger partial charge in [-0.05, 0) is 11.8 Å². The minimum absolute atomic E-state index is 0.00296. The number of carboxylic acids is 1. The Labute approximate surface area is 96.6 Å². The first-order valence-corrected chi connectivity index (χ1v) is 6.08. The number of hydrogen-bond donors (Lipinski definition) is 1. The van der Waals surface area contributed by atoms with Crippen molar-refractivity contribution < 1.29 is 14.7 Å². The molecule has 0 bridgehead atoms. The number of hydrogen-bond acceptors (Lipinski definition) is 2. The minimum atomic E-state index is -0.897. The SMILES string of the molecule is CCC1CN(C(=O)CCC(=O)O)CC1CC. The molecule has 16 heavy (non-hydrogen) atoms. The van der Waals surface area contributed by atoms with E-state index in [1.807, 2.05) is 4.90 Å². The smallest absolute Gasteiger partial charge is 0.303 e. The quantitative estimate of drug-likeness (QED) is 0.778. The van der Waals surface area contributed by atoms with Crippen LogP contribution in [-0.4, -0.2) is 35.0 Å². The van der Waals surface area contributed by atoms with Crippen molar-refractivity contribution in [2.75, 3.05) is 13.1 Å². The van der Waals surface area contributed by atoms with Crippen LogP contribution in [0.25, 0.3) is 0 Å². The summed E-state index contributed by atoms with van der Waals surface area (Å²) in [7, 11) is 0. The van der Waals surface area contributed by atoms with Gasteiger partial charge in [0, 0.05) is 19.5 Å². The fourth-order valence-corrected chi connectivity index (χ4v) is 2.44. The summed E-state index contributed by atoms with van der Waals surface area (Å²) in [6.45, 7) is 5.93. The summed E-state index contributed by atoms with van der Waals surface area (Å²) in [5.41, 5.74) is 0. The Bertz CT molecular complexity index is 253. The zero-order valence-corrected chi connectivity index (χ0v) is 10.1. The molecule has 0 aromatic heterocycles. The second kappa shape index (κ2) is 5.87. The van der Waals surface area contributed by atoms with E-state index in [0.29, 0.717) is 11.8 Å². The van der Waals surface area contributed by atoms with Crippen LogP contribution in [-0.2, 0) is 9.59 Å². The molecule has 4 nitrogen and oxygen atoms in total. The first kappa shape index (κ1) is 13.0. The number of rotatable bonds is 5. The van der Waals surface area contributed by atoms with Gasteiger partial charge in [-0.2, -0.15) is 0 Å². The Kier molecular flexibility index (Phi) is 4.77. The van der Waals surface area contributed by atoms with Crippen molar-refractivity contribution in [3.8, 4) is 0 Å². The topological polar surface area (TPSA) is 57.6 Å². The van der Waals surface area contributed by atoms with Crippen molar-refractivity contribution in [3.63, 3.8) is 0 Å². The number of likely N-dealkylation sites (tertiary alicyclic amines) is 1. The van der Waals surface area contributed by atoms with Crippen LogP contribution >= 0.6 is 0 Å². The van der Waals surface area contributed by atoms with Gasteiger partial charge < -0.3 is 10.0 Å². The Morgan fingerprint density at radius 2 is 1.62 bits per heavy atom. The second-order valence-corrected chi connectivity index (χ2v) is 4.53. The highest BCUT2D eigenvalue weighted by Gasteiger charge is 2.32. The zero-order valence-electron chi connectivity index (χ0n) is 10.1. The van der Waals surface area contributed by atoms with E-state index >= 15 is 0 Å².